The average Bonchev–Trinajstić information content (AvgIpc) is 3.26. The van der Waals surface area contributed by atoms with Gasteiger partial charge in [-0.15, -0.1) is 6.58 Å². The molecule has 0 aromatic rings. The van der Waals surface area contributed by atoms with Crippen molar-refractivity contribution < 1.29 is 23.9 Å². The minimum absolute atomic E-state index is 0.0390. The molecule has 2 aliphatic heterocycles. The number of esters is 1. The van der Waals surface area contributed by atoms with E-state index in [0.29, 0.717) is 19.6 Å². The lowest BCUT2D eigenvalue weighted by Gasteiger charge is -2.31. The molecule has 4 atom stereocenters. The average molecular weight is 380 g/mol. The topological polar surface area (TPSA) is 75.9 Å². The molecule has 0 N–H and O–H groups in total. The molecule has 2 rings (SSSR count). The van der Waals surface area contributed by atoms with E-state index >= 15 is 0 Å². The third-order valence-corrected chi connectivity index (χ3v) is 4.96. The Labute approximate surface area is 161 Å². The van der Waals surface area contributed by atoms with Gasteiger partial charge in [-0.1, -0.05) is 19.4 Å². The molecule has 2 fully saturated rings. The number of hydrogen-bond donors (Lipinski definition) is 0. The van der Waals surface area contributed by atoms with Gasteiger partial charge in [0.15, 0.2) is 0 Å². The summed E-state index contributed by atoms with van der Waals surface area (Å²) in [6.07, 6.45) is 3.33. The van der Waals surface area contributed by atoms with Gasteiger partial charge in [0.05, 0.1) is 18.7 Å². The number of amides is 2. The number of rotatable bonds is 6. The number of hydrogen-bond acceptors (Lipinski definition) is 5. The highest BCUT2D eigenvalue weighted by atomic mass is 16.6. The van der Waals surface area contributed by atoms with Gasteiger partial charge in [0.1, 0.15) is 11.6 Å². The number of unbranched alkanes of at least 4 members (excludes halogenated alkanes) is 1. The Morgan fingerprint density at radius 1 is 1.26 bits per heavy atom. The summed E-state index contributed by atoms with van der Waals surface area (Å²) in [5.41, 5.74) is -0.651. The van der Waals surface area contributed by atoms with Crippen LogP contribution in [0.1, 0.15) is 53.9 Å². The molecule has 0 aliphatic carbocycles. The van der Waals surface area contributed by atoms with Crippen LogP contribution in [0.25, 0.3) is 0 Å². The van der Waals surface area contributed by atoms with Crippen LogP contribution >= 0.6 is 0 Å². The fraction of sp³-hybridized carbons (Fsp3) is 0.750. The zero-order valence-electron chi connectivity index (χ0n) is 17.1. The van der Waals surface area contributed by atoms with Gasteiger partial charge in [-0.3, -0.25) is 9.69 Å². The van der Waals surface area contributed by atoms with E-state index in [-0.39, 0.29) is 23.9 Å². The summed E-state index contributed by atoms with van der Waals surface area (Å²) in [5.74, 6) is -0.585. The lowest BCUT2D eigenvalue weighted by molar-refractivity contribution is -0.160. The molecule has 7 nitrogen and oxygen atoms in total. The molecule has 0 aromatic carbocycles. The van der Waals surface area contributed by atoms with E-state index in [1.807, 2.05) is 6.92 Å². The number of ether oxygens (including phenoxy) is 2. The lowest BCUT2D eigenvalue weighted by atomic mass is 9.96. The quantitative estimate of drug-likeness (QED) is 0.306. The predicted molar refractivity (Wildman–Crippen MR) is 101 cm³/mol. The van der Waals surface area contributed by atoms with Gasteiger partial charge in [0.25, 0.3) is 0 Å². The predicted octanol–water partition coefficient (Wildman–Crippen LogP) is 2.74. The Bertz CT molecular complexity index is 598. The summed E-state index contributed by atoms with van der Waals surface area (Å²) in [5, 5.41) is 0. The molecular weight excluding hydrogens is 348 g/mol. The molecule has 0 aromatic heterocycles. The normalized spacial score (nSPS) is 27.3. The van der Waals surface area contributed by atoms with Crippen molar-refractivity contribution in [3.05, 3.63) is 12.7 Å². The van der Waals surface area contributed by atoms with Gasteiger partial charge in [-0.05, 0) is 33.6 Å². The summed E-state index contributed by atoms with van der Waals surface area (Å²) in [6.45, 7) is 13.7. The second kappa shape index (κ2) is 8.31. The maximum absolute atomic E-state index is 12.8. The molecule has 2 saturated heterocycles. The molecular formula is C20H32N2O5. The molecule has 0 bridgehead atoms. The first-order chi connectivity index (χ1) is 12.6. The van der Waals surface area contributed by atoms with E-state index in [1.54, 1.807) is 31.7 Å². The highest BCUT2D eigenvalue weighted by Gasteiger charge is 2.57. The van der Waals surface area contributed by atoms with Crippen molar-refractivity contribution in [3.63, 3.8) is 0 Å². The van der Waals surface area contributed by atoms with E-state index in [4.69, 9.17) is 9.47 Å². The van der Waals surface area contributed by atoms with E-state index in [9.17, 15) is 14.4 Å². The Morgan fingerprint density at radius 2 is 1.93 bits per heavy atom. The molecule has 27 heavy (non-hydrogen) atoms. The first-order valence-corrected chi connectivity index (χ1v) is 9.68. The minimum Gasteiger partial charge on any atom is -0.458 e. The first kappa shape index (κ1) is 21.3. The Morgan fingerprint density at radius 3 is 2.41 bits per heavy atom. The van der Waals surface area contributed by atoms with Gasteiger partial charge in [0.2, 0.25) is 5.91 Å². The third kappa shape index (κ3) is 5.02. The van der Waals surface area contributed by atoms with Crippen molar-refractivity contribution in [2.45, 2.75) is 77.6 Å². The number of nitrogens with zero attached hydrogens (tertiary/aromatic N) is 2. The van der Waals surface area contributed by atoms with E-state index in [2.05, 4.69) is 6.58 Å². The van der Waals surface area contributed by atoms with E-state index in [0.717, 1.165) is 12.8 Å². The molecule has 0 radical (unpaired) electrons. The van der Waals surface area contributed by atoms with Crippen LogP contribution in [-0.2, 0) is 19.1 Å². The lowest BCUT2D eigenvalue weighted by Crippen LogP contribution is -2.50. The third-order valence-electron chi connectivity index (χ3n) is 4.96. The van der Waals surface area contributed by atoms with Crippen LogP contribution < -0.4 is 0 Å². The summed E-state index contributed by atoms with van der Waals surface area (Å²) < 4.78 is 11.0. The molecule has 152 valence electrons. The molecule has 0 saturated carbocycles. The van der Waals surface area contributed by atoms with Gasteiger partial charge in [-0.25, -0.2) is 9.59 Å². The zero-order valence-corrected chi connectivity index (χ0v) is 17.1. The Hall–Kier alpha value is -2.05. The minimum atomic E-state index is -0.735. The molecule has 7 heteroatoms. The van der Waals surface area contributed by atoms with Crippen LogP contribution in [0.5, 0.6) is 0 Å². The van der Waals surface area contributed by atoms with E-state index in [1.165, 1.54) is 11.8 Å². The molecule has 2 amide bonds. The van der Waals surface area contributed by atoms with Crippen molar-refractivity contribution >= 4 is 18.0 Å². The standard InChI is InChI=1S/C20H32N2O5/c1-7-9-10-26-19(25)22-15(18(24)27-20(4,5)6)11-14(8-2)17(22)16-12-21(16)13(3)23/h8,14-17H,2,7,9-12H2,1,3-6H3. The summed E-state index contributed by atoms with van der Waals surface area (Å²) in [6, 6.07) is -1.17. The van der Waals surface area contributed by atoms with E-state index < -0.39 is 23.7 Å². The smallest absolute Gasteiger partial charge is 0.410 e. The fourth-order valence-corrected chi connectivity index (χ4v) is 3.65. The van der Waals surface area contributed by atoms with Crippen LogP contribution in [0.3, 0.4) is 0 Å². The second-order valence-electron chi connectivity index (χ2n) is 8.29. The van der Waals surface area contributed by atoms with Gasteiger partial charge < -0.3 is 14.4 Å². The zero-order chi connectivity index (χ0) is 20.4. The number of likely N-dealkylation sites (tertiary alicyclic amines) is 1. The fourth-order valence-electron chi connectivity index (χ4n) is 3.65. The number of carbonyl (C=O) groups excluding carboxylic acids is 3. The van der Waals surface area contributed by atoms with Gasteiger partial charge in [0, 0.05) is 19.4 Å². The maximum Gasteiger partial charge on any atom is 0.410 e. The van der Waals surface area contributed by atoms with Crippen LogP contribution in [0.2, 0.25) is 0 Å². The molecule has 2 heterocycles. The summed E-state index contributed by atoms with van der Waals surface area (Å²) in [7, 11) is 0. The van der Waals surface area contributed by atoms with Crippen LogP contribution in [0.4, 0.5) is 4.79 Å². The van der Waals surface area contributed by atoms with Crippen LogP contribution in [0.15, 0.2) is 12.7 Å². The highest BCUT2D eigenvalue weighted by molar-refractivity contribution is 5.83. The largest absolute Gasteiger partial charge is 0.458 e. The summed E-state index contributed by atoms with van der Waals surface area (Å²) >= 11 is 0. The van der Waals surface area contributed by atoms with Crippen molar-refractivity contribution in [2.24, 2.45) is 5.92 Å². The molecule has 2 aliphatic rings. The van der Waals surface area contributed by atoms with Crippen molar-refractivity contribution in [2.75, 3.05) is 13.2 Å². The van der Waals surface area contributed by atoms with Gasteiger partial charge >= 0.3 is 12.1 Å². The van der Waals surface area contributed by atoms with Crippen LogP contribution in [-0.4, -0.2) is 64.6 Å². The van der Waals surface area contributed by atoms with Gasteiger partial charge in [-0.2, -0.15) is 0 Å². The van der Waals surface area contributed by atoms with Crippen molar-refractivity contribution in [1.29, 1.82) is 0 Å². The van der Waals surface area contributed by atoms with Crippen molar-refractivity contribution in [3.8, 4) is 0 Å². The second-order valence-corrected chi connectivity index (χ2v) is 8.29. The SMILES string of the molecule is C=CC1CC(C(=O)OC(C)(C)C)N(C(=O)OCCCC)C1C1CN1C(C)=O. The Balaban J connectivity index is 2.26. The maximum atomic E-state index is 12.8. The number of carbonyl (C=O) groups is 3. The summed E-state index contributed by atoms with van der Waals surface area (Å²) in [4.78, 5) is 40.5. The first-order valence-electron chi connectivity index (χ1n) is 9.68. The molecule has 0 spiro atoms. The van der Waals surface area contributed by atoms with Crippen molar-refractivity contribution in [1.82, 2.24) is 9.80 Å². The molecule has 4 unspecified atom stereocenters. The Kier molecular flexibility index (Phi) is 6.54. The highest BCUT2D eigenvalue weighted by Crippen LogP contribution is 2.40. The van der Waals surface area contributed by atoms with Crippen LogP contribution in [0, 0.1) is 5.92 Å². The monoisotopic (exact) mass is 380 g/mol.